The molecular formula is C14H18N2O. The van der Waals surface area contributed by atoms with Gasteiger partial charge in [0.05, 0.1) is 5.52 Å². The Labute approximate surface area is 102 Å². The third kappa shape index (κ3) is 3.55. The van der Waals surface area contributed by atoms with Crippen LogP contribution in [0.1, 0.15) is 26.3 Å². The number of nitrogens with zero attached hydrogens (tertiary/aromatic N) is 1. The van der Waals surface area contributed by atoms with Crippen LogP contribution in [0, 0.1) is 6.92 Å². The molecule has 3 heteroatoms. The fraction of sp³-hybridized carbons (Fsp3) is 0.286. The third-order valence-corrected chi connectivity index (χ3v) is 2.15. The molecule has 1 heterocycles. The van der Waals surface area contributed by atoms with Crippen molar-refractivity contribution < 1.29 is 4.79 Å². The zero-order valence-corrected chi connectivity index (χ0v) is 10.7. The molecule has 0 fully saturated rings. The van der Waals surface area contributed by atoms with E-state index in [2.05, 4.69) is 16.4 Å². The molecule has 1 amide bonds. The molecule has 1 aromatic heterocycles. The van der Waals surface area contributed by atoms with Gasteiger partial charge in [-0.25, -0.2) is 4.98 Å². The Balaban J connectivity index is 0.000000686. The second kappa shape index (κ2) is 5.99. The van der Waals surface area contributed by atoms with Gasteiger partial charge < -0.3 is 5.32 Å². The second-order valence-corrected chi connectivity index (χ2v) is 3.57. The first-order chi connectivity index (χ1) is 8.15. The lowest BCUT2D eigenvalue weighted by Crippen LogP contribution is -2.07. The largest absolute Gasteiger partial charge is 0.311 e. The summed E-state index contributed by atoms with van der Waals surface area (Å²) in [5.74, 6) is 0.493. The quantitative estimate of drug-likeness (QED) is 0.814. The highest BCUT2D eigenvalue weighted by Gasteiger charge is 1.99. The Morgan fingerprint density at radius 1 is 1.18 bits per heavy atom. The summed E-state index contributed by atoms with van der Waals surface area (Å²) in [4.78, 5) is 15.2. The first-order valence-corrected chi connectivity index (χ1v) is 5.80. The summed E-state index contributed by atoms with van der Waals surface area (Å²) in [6, 6.07) is 9.80. The van der Waals surface area contributed by atoms with Crippen LogP contribution >= 0.6 is 0 Å². The number of amides is 1. The first kappa shape index (κ1) is 13.2. The van der Waals surface area contributed by atoms with Crippen LogP contribution in [-0.4, -0.2) is 10.9 Å². The molecule has 0 spiro atoms. The summed E-state index contributed by atoms with van der Waals surface area (Å²) in [5, 5.41) is 3.75. The monoisotopic (exact) mass is 230 g/mol. The number of aromatic nitrogens is 1. The van der Waals surface area contributed by atoms with Gasteiger partial charge in [0.1, 0.15) is 5.82 Å². The molecule has 90 valence electrons. The van der Waals surface area contributed by atoms with Gasteiger partial charge in [-0.2, -0.15) is 0 Å². The van der Waals surface area contributed by atoms with Crippen molar-refractivity contribution in [3.05, 3.63) is 35.9 Å². The first-order valence-electron chi connectivity index (χ1n) is 5.80. The smallest absolute Gasteiger partial charge is 0.222 e. The molecule has 0 atom stereocenters. The van der Waals surface area contributed by atoms with Crippen LogP contribution in [0.2, 0.25) is 0 Å². The van der Waals surface area contributed by atoms with Gasteiger partial charge in [0, 0.05) is 12.3 Å². The molecule has 0 saturated heterocycles. The molecule has 2 aromatic rings. The summed E-state index contributed by atoms with van der Waals surface area (Å²) >= 11 is 0. The van der Waals surface area contributed by atoms with Gasteiger partial charge in [-0.15, -0.1) is 0 Å². The fourth-order valence-corrected chi connectivity index (χ4v) is 1.49. The standard InChI is InChI=1S/C12H12N2O.C2H6/c1-8-3-5-11-10(7-8)4-6-12(14-11)13-9(2)15;1-2/h3-7H,1-2H3,(H,13,14,15);1-2H3. The predicted octanol–water partition coefficient (Wildman–Crippen LogP) is 3.53. The maximum absolute atomic E-state index is 10.9. The van der Waals surface area contributed by atoms with Crippen LogP contribution in [0.3, 0.4) is 0 Å². The van der Waals surface area contributed by atoms with E-state index < -0.39 is 0 Å². The van der Waals surface area contributed by atoms with Crippen molar-refractivity contribution in [1.29, 1.82) is 0 Å². The SMILES string of the molecule is CC.CC(=O)Nc1ccc2cc(C)ccc2n1. The average molecular weight is 230 g/mol. The van der Waals surface area contributed by atoms with Crippen LogP contribution < -0.4 is 5.32 Å². The third-order valence-electron chi connectivity index (χ3n) is 2.15. The zero-order chi connectivity index (χ0) is 12.8. The summed E-state index contributed by atoms with van der Waals surface area (Å²) < 4.78 is 0. The van der Waals surface area contributed by atoms with E-state index in [9.17, 15) is 4.79 Å². The van der Waals surface area contributed by atoms with Gasteiger partial charge in [-0.3, -0.25) is 4.79 Å². The van der Waals surface area contributed by atoms with Crippen molar-refractivity contribution in [3.63, 3.8) is 0 Å². The van der Waals surface area contributed by atoms with Crippen molar-refractivity contribution in [2.75, 3.05) is 5.32 Å². The number of benzene rings is 1. The maximum atomic E-state index is 10.9. The van der Waals surface area contributed by atoms with Crippen LogP contribution in [0.5, 0.6) is 0 Å². The molecule has 0 aliphatic carbocycles. The lowest BCUT2D eigenvalue weighted by molar-refractivity contribution is -0.114. The minimum Gasteiger partial charge on any atom is -0.311 e. The molecular weight excluding hydrogens is 212 g/mol. The highest BCUT2D eigenvalue weighted by atomic mass is 16.1. The van der Waals surface area contributed by atoms with Gasteiger partial charge >= 0.3 is 0 Å². The number of rotatable bonds is 1. The Kier molecular flexibility index (Phi) is 4.64. The van der Waals surface area contributed by atoms with E-state index in [1.54, 1.807) is 0 Å². The zero-order valence-electron chi connectivity index (χ0n) is 10.7. The predicted molar refractivity (Wildman–Crippen MR) is 72.1 cm³/mol. The van der Waals surface area contributed by atoms with Gasteiger partial charge in [-0.1, -0.05) is 25.5 Å². The summed E-state index contributed by atoms with van der Waals surface area (Å²) in [6.45, 7) is 7.52. The molecule has 1 N–H and O–H groups in total. The van der Waals surface area contributed by atoms with Crippen molar-refractivity contribution >= 4 is 22.6 Å². The van der Waals surface area contributed by atoms with E-state index in [1.807, 2.05) is 45.0 Å². The van der Waals surface area contributed by atoms with Crippen LogP contribution in [0.25, 0.3) is 10.9 Å². The molecule has 0 aliphatic heterocycles. The van der Waals surface area contributed by atoms with E-state index in [-0.39, 0.29) is 5.91 Å². The number of anilines is 1. The number of hydrogen-bond donors (Lipinski definition) is 1. The summed E-state index contributed by atoms with van der Waals surface area (Å²) in [7, 11) is 0. The lowest BCUT2D eigenvalue weighted by Gasteiger charge is -2.03. The molecule has 0 bridgehead atoms. The Bertz CT molecular complexity index is 521. The van der Waals surface area contributed by atoms with E-state index in [4.69, 9.17) is 0 Å². The van der Waals surface area contributed by atoms with E-state index in [0.29, 0.717) is 5.82 Å². The Morgan fingerprint density at radius 3 is 2.53 bits per heavy atom. The molecule has 3 nitrogen and oxygen atoms in total. The minimum atomic E-state index is -0.103. The normalized spacial score (nSPS) is 9.41. The highest BCUT2D eigenvalue weighted by molar-refractivity contribution is 5.89. The van der Waals surface area contributed by atoms with E-state index in [0.717, 1.165) is 10.9 Å². The number of carbonyl (C=O) groups is 1. The molecule has 0 aliphatic rings. The Morgan fingerprint density at radius 2 is 1.88 bits per heavy atom. The number of aryl methyl sites for hydroxylation is 1. The minimum absolute atomic E-state index is 0.103. The summed E-state index contributed by atoms with van der Waals surface area (Å²) in [5.41, 5.74) is 2.10. The second-order valence-electron chi connectivity index (χ2n) is 3.57. The number of carbonyl (C=O) groups excluding carboxylic acids is 1. The van der Waals surface area contributed by atoms with Crippen LogP contribution in [0.4, 0.5) is 5.82 Å². The Hall–Kier alpha value is -1.90. The van der Waals surface area contributed by atoms with E-state index in [1.165, 1.54) is 12.5 Å². The number of hydrogen-bond acceptors (Lipinski definition) is 2. The summed E-state index contributed by atoms with van der Waals surface area (Å²) in [6.07, 6.45) is 0. The molecule has 2 rings (SSSR count). The fourth-order valence-electron chi connectivity index (χ4n) is 1.49. The molecule has 0 radical (unpaired) electrons. The van der Waals surface area contributed by atoms with Crippen molar-refractivity contribution in [2.24, 2.45) is 0 Å². The molecule has 17 heavy (non-hydrogen) atoms. The lowest BCUT2D eigenvalue weighted by atomic mass is 10.1. The van der Waals surface area contributed by atoms with Crippen molar-refractivity contribution in [1.82, 2.24) is 4.98 Å². The number of fused-ring (bicyclic) bond motifs is 1. The van der Waals surface area contributed by atoms with Gasteiger partial charge in [0.2, 0.25) is 5.91 Å². The van der Waals surface area contributed by atoms with Crippen LogP contribution in [0.15, 0.2) is 30.3 Å². The van der Waals surface area contributed by atoms with Crippen LogP contribution in [-0.2, 0) is 4.79 Å². The van der Waals surface area contributed by atoms with Crippen molar-refractivity contribution in [2.45, 2.75) is 27.7 Å². The van der Waals surface area contributed by atoms with Crippen molar-refractivity contribution in [3.8, 4) is 0 Å². The van der Waals surface area contributed by atoms with E-state index >= 15 is 0 Å². The topological polar surface area (TPSA) is 42.0 Å². The maximum Gasteiger partial charge on any atom is 0.222 e. The van der Waals surface area contributed by atoms with Gasteiger partial charge in [0.15, 0.2) is 0 Å². The molecule has 1 aromatic carbocycles. The van der Waals surface area contributed by atoms with Gasteiger partial charge in [-0.05, 0) is 31.2 Å². The molecule has 0 unspecified atom stereocenters. The number of nitrogens with one attached hydrogen (secondary N) is 1. The molecule has 0 saturated carbocycles. The average Bonchev–Trinajstić information content (AvgIpc) is 2.31. The highest BCUT2D eigenvalue weighted by Crippen LogP contribution is 2.16. The number of pyridine rings is 1. The van der Waals surface area contributed by atoms with Gasteiger partial charge in [0.25, 0.3) is 0 Å².